The van der Waals surface area contributed by atoms with Crippen molar-refractivity contribution in [3.63, 3.8) is 0 Å². The quantitative estimate of drug-likeness (QED) is 0.389. The molecule has 0 fully saturated rings. The summed E-state index contributed by atoms with van der Waals surface area (Å²) in [6, 6.07) is 7.04. The summed E-state index contributed by atoms with van der Waals surface area (Å²) in [4.78, 5) is 12.0. The van der Waals surface area contributed by atoms with E-state index in [1.54, 1.807) is 39.0 Å². The molecular weight excluding hydrogens is 312 g/mol. The number of carbonyl (C=O) groups excluding carboxylic acids is 1. The molecule has 0 radical (unpaired) electrons. The van der Waals surface area contributed by atoms with Crippen LogP contribution in [0.4, 0.5) is 0 Å². The number of oxime groups is 1. The Morgan fingerprint density at radius 2 is 2.25 bits per heavy atom. The van der Waals surface area contributed by atoms with Gasteiger partial charge in [-0.15, -0.1) is 0 Å². The SMILES string of the molecule is CC(C)(C)OC(=O)Cn1nc(C#N)c2ccc(OC/C=N/O)cc21. The maximum absolute atomic E-state index is 12.0. The van der Waals surface area contributed by atoms with Gasteiger partial charge in [-0.05, 0) is 32.9 Å². The lowest BCUT2D eigenvalue weighted by molar-refractivity contribution is -0.155. The van der Waals surface area contributed by atoms with E-state index in [9.17, 15) is 10.1 Å². The molecule has 0 amide bonds. The lowest BCUT2D eigenvalue weighted by atomic mass is 10.2. The minimum absolute atomic E-state index is 0.0906. The molecule has 0 unspecified atom stereocenters. The van der Waals surface area contributed by atoms with E-state index in [1.807, 2.05) is 6.07 Å². The molecule has 1 aromatic carbocycles. The van der Waals surface area contributed by atoms with Gasteiger partial charge in [0.05, 0.1) is 11.7 Å². The summed E-state index contributed by atoms with van der Waals surface area (Å²) in [5.41, 5.74) is 0.198. The second-order valence-corrected chi connectivity index (χ2v) is 5.99. The minimum Gasteiger partial charge on any atom is -0.488 e. The summed E-state index contributed by atoms with van der Waals surface area (Å²) in [5, 5.41) is 25.2. The number of nitrogens with zero attached hydrogens (tertiary/aromatic N) is 4. The van der Waals surface area contributed by atoms with Crippen LogP contribution in [0.15, 0.2) is 23.4 Å². The topological polar surface area (TPSA) is 110 Å². The second kappa shape index (κ2) is 7.00. The van der Waals surface area contributed by atoms with E-state index >= 15 is 0 Å². The third-order valence-electron chi connectivity index (χ3n) is 2.93. The van der Waals surface area contributed by atoms with Crippen molar-refractivity contribution in [2.45, 2.75) is 32.9 Å². The Balaban J connectivity index is 2.32. The van der Waals surface area contributed by atoms with Gasteiger partial charge in [-0.2, -0.15) is 10.4 Å². The van der Waals surface area contributed by atoms with Crippen molar-refractivity contribution in [2.24, 2.45) is 5.16 Å². The van der Waals surface area contributed by atoms with Crippen LogP contribution in [0, 0.1) is 11.3 Å². The number of ether oxygens (including phenoxy) is 2. The van der Waals surface area contributed by atoms with Crippen LogP contribution in [0.3, 0.4) is 0 Å². The fourth-order valence-electron chi connectivity index (χ4n) is 2.11. The largest absolute Gasteiger partial charge is 0.488 e. The molecule has 0 aliphatic rings. The molecule has 0 atom stereocenters. The molecule has 1 heterocycles. The number of aromatic nitrogens is 2. The molecule has 0 saturated carbocycles. The van der Waals surface area contributed by atoms with Crippen molar-refractivity contribution >= 4 is 23.1 Å². The van der Waals surface area contributed by atoms with E-state index in [-0.39, 0.29) is 18.8 Å². The van der Waals surface area contributed by atoms with Gasteiger partial charge in [-0.25, -0.2) is 0 Å². The highest BCUT2D eigenvalue weighted by Gasteiger charge is 2.19. The molecule has 0 aliphatic carbocycles. The molecule has 1 aromatic heterocycles. The van der Waals surface area contributed by atoms with Gasteiger partial charge in [0, 0.05) is 11.5 Å². The van der Waals surface area contributed by atoms with Crippen LogP contribution in [0.2, 0.25) is 0 Å². The number of rotatable bonds is 5. The van der Waals surface area contributed by atoms with E-state index < -0.39 is 11.6 Å². The number of esters is 1. The summed E-state index contributed by atoms with van der Waals surface area (Å²) in [6.07, 6.45) is 1.20. The molecule has 8 nitrogen and oxygen atoms in total. The molecule has 126 valence electrons. The first-order chi connectivity index (χ1) is 11.3. The van der Waals surface area contributed by atoms with Crippen molar-refractivity contribution in [3.8, 4) is 11.8 Å². The van der Waals surface area contributed by atoms with E-state index in [0.29, 0.717) is 16.7 Å². The van der Waals surface area contributed by atoms with E-state index in [1.165, 1.54) is 10.9 Å². The maximum atomic E-state index is 12.0. The fraction of sp³-hybridized carbons (Fsp3) is 0.375. The van der Waals surface area contributed by atoms with Crippen molar-refractivity contribution < 1.29 is 19.5 Å². The highest BCUT2D eigenvalue weighted by atomic mass is 16.6. The second-order valence-electron chi connectivity index (χ2n) is 5.99. The Kier molecular flexibility index (Phi) is 5.04. The van der Waals surface area contributed by atoms with Crippen molar-refractivity contribution in [3.05, 3.63) is 23.9 Å². The summed E-state index contributed by atoms with van der Waals surface area (Å²) in [6.45, 7) is 5.31. The average Bonchev–Trinajstić information content (AvgIpc) is 2.83. The number of benzene rings is 1. The van der Waals surface area contributed by atoms with Gasteiger partial charge in [0.1, 0.15) is 30.6 Å². The third-order valence-corrected chi connectivity index (χ3v) is 2.93. The highest BCUT2D eigenvalue weighted by molar-refractivity contribution is 5.86. The smallest absolute Gasteiger partial charge is 0.328 e. The molecule has 0 saturated heterocycles. The number of nitriles is 1. The van der Waals surface area contributed by atoms with Crippen molar-refractivity contribution in [1.29, 1.82) is 5.26 Å². The van der Waals surface area contributed by atoms with Crippen LogP contribution in [0.5, 0.6) is 5.75 Å². The van der Waals surface area contributed by atoms with Gasteiger partial charge in [0.25, 0.3) is 0 Å². The van der Waals surface area contributed by atoms with Crippen LogP contribution in [-0.2, 0) is 16.1 Å². The first-order valence-electron chi connectivity index (χ1n) is 7.25. The first kappa shape index (κ1) is 17.3. The Labute approximate surface area is 138 Å². The predicted molar refractivity (Wildman–Crippen MR) is 86.1 cm³/mol. The summed E-state index contributed by atoms with van der Waals surface area (Å²) in [7, 11) is 0. The Bertz CT molecular complexity index is 812. The molecule has 0 spiro atoms. The number of carbonyl (C=O) groups is 1. The van der Waals surface area contributed by atoms with Gasteiger partial charge < -0.3 is 14.7 Å². The number of hydrogen-bond donors (Lipinski definition) is 1. The Morgan fingerprint density at radius 3 is 2.88 bits per heavy atom. The Hall–Kier alpha value is -3.08. The molecule has 24 heavy (non-hydrogen) atoms. The summed E-state index contributed by atoms with van der Waals surface area (Å²) >= 11 is 0. The van der Waals surface area contributed by atoms with E-state index in [2.05, 4.69) is 10.3 Å². The van der Waals surface area contributed by atoms with Crippen molar-refractivity contribution in [1.82, 2.24) is 9.78 Å². The van der Waals surface area contributed by atoms with Gasteiger partial charge in [0.15, 0.2) is 5.69 Å². The van der Waals surface area contributed by atoms with Crippen LogP contribution < -0.4 is 4.74 Å². The molecule has 0 aliphatic heterocycles. The Morgan fingerprint density at radius 1 is 1.50 bits per heavy atom. The van der Waals surface area contributed by atoms with Gasteiger partial charge in [-0.1, -0.05) is 5.16 Å². The van der Waals surface area contributed by atoms with Gasteiger partial charge in [-0.3, -0.25) is 9.48 Å². The third kappa shape index (κ3) is 4.23. The molecule has 2 aromatic rings. The number of hydrogen-bond acceptors (Lipinski definition) is 7. The normalized spacial score (nSPS) is 11.6. The summed E-state index contributed by atoms with van der Waals surface area (Å²) < 4.78 is 12.1. The standard InChI is InChI=1S/C16H18N4O4/c1-16(2,3)24-15(21)10-20-14-8-11(23-7-6-18-22)4-5-12(14)13(9-17)19-20/h4-6,8,22H,7,10H2,1-3H3/b18-6+. The molecule has 2 rings (SSSR count). The first-order valence-corrected chi connectivity index (χ1v) is 7.25. The highest BCUT2D eigenvalue weighted by Crippen LogP contribution is 2.24. The zero-order valence-corrected chi connectivity index (χ0v) is 13.7. The monoisotopic (exact) mass is 330 g/mol. The average molecular weight is 330 g/mol. The van der Waals surface area contributed by atoms with Crippen LogP contribution in [0.1, 0.15) is 26.5 Å². The molecule has 0 bridgehead atoms. The predicted octanol–water partition coefficient (Wildman–Crippen LogP) is 2.09. The van der Waals surface area contributed by atoms with Gasteiger partial charge in [0.2, 0.25) is 0 Å². The zero-order valence-electron chi connectivity index (χ0n) is 13.7. The molecular formula is C16H18N4O4. The van der Waals surface area contributed by atoms with Crippen LogP contribution in [0.25, 0.3) is 10.9 Å². The summed E-state index contributed by atoms with van der Waals surface area (Å²) in [5.74, 6) is 0.0485. The van der Waals surface area contributed by atoms with Crippen LogP contribution >= 0.6 is 0 Å². The lowest BCUT2D eigenvalue weighted by Gasteiger charge is -2.19. The van der Waals surface area contributed by atoms with Crippen molar-refractivity contribution in [2.75, 3.05) is 6.61 Å². The van der Waals surface area contributed by atoms with E-state index in [0.717, 1.165) is 0 Å². The van der Waals surface area contributed by atoms with E-state index in [4.69, 9.17) is 14.7 Å². The maximum Gasteiger partial charge on any atom is 0.328 e. The molecule has 1 N–H and O–H groups in total. The lowest BCUT2D eigenvalue weighted by Crippen LogP contribution is -2.26. The van der Waals surface area contributed by atoms with Crippen LogP contribution in [-0.4, -0.2) is 39.4 Å². The fourth-order valence-corrected chi connectivity index (χ4v) is 2.11. The van der Waals surface area contributed by atoms with Gasteiger partial charge >= 0.3 is 5.97 Å². The zero-order chi connectivity index (χ0) is 17.7. The number of fused-ring (bicyclic) bond motifs is 1. The molecule has 8 heteroatoms. The minimum atomic E-state index is -0.601.